The van der Waals surface area contributed by atoms with Gasteiger partial charge in [0.05, 0.1) is 16.2 Å². The first-order valence-electron chi connectivity index (χ1n) is 12.4. The Morgan fingerprint density at radius 1 is 0.356 bits per heavy atom. The molecular formula is C30H10BF11O3. The Kier molecular flexibility index (Phi) is 7.33. The second-order valence-corrected chi connectivity index (χ2v) is 9.41. The topological polar surface area (TPSA) is 27.7 Å². The number of halogens is 11. The maximum Gasteiger partial charge on any atom is 0.864 e. The molecule has 0 fully saturated rings. The fourth-order valence-electron chi connectivity index (χ4n) is 4.71. The Hall–Kier alpha value is -5.21. The van der Waals surface area contributed by atoms with E-state index >= 15 is 0 Å². The summed E-state index contributed by atoms with van der Waals surface area (Å²) in [5, 5.41) is -4.87. The summed E-state index contributed by atoms with van der Waals surface area (Å²) in [6, 6.07) is 6.12. The molecule has 0 unspecified atom stereocenters. The van der Waals surface area contributed by atoms with Gasteiger partial charge in [-0.25, -0.2) is 48.3 Å². The SMILES string of the molecule is Fc1cc(F)c2c(F)ccc(OB(Oc3ccc(F)c4c(F)c(F)c(F)cc34)Oc3ccc(F)c4c(F)c(F)c(F)cc34)c2c1. The van der Waals surface area contributed by atoms with Crippen LogP contribution in [0.4, 0.5) is 48.3 Å². The molecular weight excluding hydrogens is 628 g/mol. The molecule has 6 aromatic rings. The number of hydrogen-bond donors (Lipinski definition) is 0. The average molecular weight is 638 g/mol. The van der Waals surface area contributed by atoms with E-state index < -0.39 is 121 Å². The first kappa shape index (κ1) is 29.8. The average Bonchev–Trinajstić information content (AvgIpc) is 2.98. The van der Waals surface area contributed by atoms with Gasteiger partial charge < -0.3 is 14.0 Å². The molecule has 0 atom stereocenters. The molecule has 0 amide bonds. The number of hydrogen-bond acceptors (Lipinski definition) is 3. The standard InChI is InChI=1S/C30H10BF11O3/c32-11-7-12-21(4-1-15(33)24(12)18(36)8-11)43-31(44-22-5-2-16(34)25-13(22)9-19(37)27(39)29(25)41)45-23-6-3-17(35)26-14(23)10-20(38)28(40)30(26)42/h1-10H. The van der Waals surface area contributed by atoms with E-state index in [1.807, 2.05) is 0 Å². The first-order chi connectivity index (χ1) is 21.3. The zero-order valence-corrected chi connectivity index (χ0v) is 21.7. The number of benzene rings is 6. The van der Waals surface area contributed by atoms with E-state index in [1.54, 1.807) is 0 Å². The van der Waals surface area contributed by atoms with Crippen LogP contribution in [0.15, 0.2) is 60.7 Å². The van der Waals surface area contributed by atoms with Crippen molar-refractivity contribution in [3.05, 3.63) is 125 Å². The summed E-state index contributed by atoms with van der Waals surface area (Å²) in [5.74, 6) is -19.7. The van der Waals surface area contributed by atoms with Gasteiger partial charge in [0.1, 0.15) is 46.3 Å². The monoisotopic (exact) mass is 638 g/mol. The molecule has 0 radical (unpaired) electrons. The third-order valence-electron chi connectivity index (χ3n) is 6.71. The van der Waals surface area contributed by atoms with Crippen molar-refractivity contribution in [3.8, 4) is 17.2 Å². The van der Waals surface area contributed by atoms with Crippen LogP contribution in [-0.4, -0.2) is 7.32 Å². The van der Waals surface area contributed by atoms with Crippen molar-refractivity contribution in [1.29, 1.82) is 0 Å². The quantitative estimate of drug-likeness (QED) is 0.104. The normalized spacial score (nSPS) is 11.4. The minimum Gasteiger partial charge on any atom is -0.489 e. The Balaban J connectivity index is 1.53. The van der Waals surface area contributed by atoms with Crippen LogP contribution in [0.1, 0.15) is 0 Å². The van der Waals surface area contributed by atoms with Gasteiger partial charge in [-0.05, 0) is 54.6 Å². The lowest BCUT2D eigenvalue weighted by Gasteiger charge is -2.20. The fraction of sp³-hybridized carbons (Fsp3) is 0. The Labute approximate surface area is 244 Å². The van der Waals surface area contributed by atoms with Crippen LogP contribution >= 0.6 is 0 Å². The third kappa shape index (κ3) is 5.07. The van der Waals surface area contributed by atoms with Crippen LogP contribution in [0, 0.1) is 64.0 Å². The maximum absolute atomic E-state index is 14.5. The summed E-state index contributed by atoms with van der Waals surface area (Å²) >= 11 is 0. The van der Waals surface area contributed by atoms with Crippen LogP contribution in [0.2, 0.25) is 0 Å². The molecule has 0 heterocycles. The van der Waals surface area contributed by atoms with Gasteiger partial charge >= 0.3 is 7.32 Å². The summed E-state index contributed by atoms with van der Waals surface area (Å²) in [6.07, 6.45) is 0. The highest BCUT2D eigenvalue weighted by Crippen LogP contribution is 2.37. The van der Waals surface area contributed by atoms with E-state index in [9.17, 15) is 48.3 Å². The van der Waals surface area contributed by atoms with Crippen molar-refractivity contribution in [2.45, 2.75) is 0 Å². The van der Waals surface area contributed by atoms with Gasteiger partial charge in [0, 0.05) is 22.2 Å². The van der Waals surface area contributed by atoms with Gasteiger partial charge in [0.25, 0.3) is 0 Å². The number of rotatable bonds is 6. The predicted octanol–water partition coefficient (Wildman–Crippen LogP) is 9.20. The molecule has 0 aliphatic carbocycles. The van der Waals surface area contributed by atoms with Gasteiger partial charge in [0.2, 0.25) is 0 Å². The van der Waals surface area contributed by atoms with Crippen molar-refractivity contribution >= 4 is 39.6 Å². The molecule has 0 N–H and O–H groups in total. The lowest BCUT2D eigenvalue weighted by molar-refractivity contribution is 0.311. The zero-order chi connectivity index (χ0) is 32.3. The van der Waals surface area contributed by atoms with Crippen molar-refractivity contribution in [3.63, 3.8) is 0 Å². The smallest absolute Gasteiger partial charge is 0.489 e. The molecule has 3 nitrogen and oxygen atoms in total. The summed E-state index contributed by atoms with van der Waals surface area (Å²) in [4.78, 5) is 0. The fourth-order valence-corrected chi connectivity index (χ4v) is 4.71. The van der Waals surface area contributed by atoms with Crippen LogP contribution in [0.3, 0.4) is 0 Å². The summed E-state index contributed by atoms with van der Waals surface area (Å²) in [6.45, 7) is 0. The van der Waals surface area contributed by atoms with Gasteiger partial charge in [-0.3, -0.25) is 0 Å². The Morgan fingerprint density at radius 3 is 1.16 bits per heavy atom. The van der Waals surface area contributed by atoms with E-state index in [4.69, 9.17) is 14.0 Å². The third-order valence-corrected chi connectivity index (χ3v) is 6.71. The Morgan fingerprint density at radius 2 is 0.733 bits per heavy atom. The molecule has 0 aliphatic rings. The summed E-state index contributed by atoms with van der Waals surface area (Å²) in [5.41, 5.74) is 0. The highest BCUT2D eigenvalue weighted by Gasteiger charge is 2.34. The highest BCUT2D eigenvalue weighted by molar-refractivity contribution is 6.40. The van der Waals surface area contributed by atoms with E-state index in [2.05, 4.69) is 0 Å². The van der Waals surface area contributed by atoms with E-state index in [1.165, 1.54) is 0 Å². The molecule has 6 rings (SSSR count). The highest BCUT2D eigenvalue weighted by atomic mass is 19.2. The minimum atomic E-state index is -2.33. The van der Waals surface area contributed by atoms with Gasteiger partial charge in [-0.1, -0.05) is 0 Å². The van der Waals surface area contributed by atoms with E-state index in [0.717, 1.165) is 18.2 Å². The van der Waals surface area contributed by atoms with E-state index in [0.29, 0.717) is 42.5 Å². The van der Waals surface area contributed by atoms with Crippen LogP contribution in [0.25, 0.3) is 32.3 Å². The molecule has 0 saturated heterocycles. The lowest BCUT2D eigenvalue weighted by atomic mass is 10.0. The molecule has 0 aliphatic heterocycles. The molecule has 228 valence electrons. The molecule has 0 saturated carbocycles. The maximum atomic E-state index is 14.5. The van der Waals surface area contributed by atoms with Gasteiger partial charge in [-0.15, -0.1) is 0 Å². The van der Waals surface area contributed by atoms with Crippen LogP contribution in [-0.2, 0) is 0 Å². The van der Waals surface area contributed by atoms with Gasteiger partial charge in [0.15, 0.2) is 34.9 Å². The second kappa shape index (κ2) is 11.1. The largest absolute Gasteiger partial charge is 0.864 e. The predicted molar refractivity (Wildman–Crippen MR) is 139 cm³/mol. The van der Waals surface area contributed by atoms with E-state index in [-0.39, 0.29) is 0 Å². The second-order valence-electron chi connectivity index (χ2n) is 9.41. The molecule has 45 heavy (non-hydrogen) atoms. The van der Waals surface area contributed by atoms with Crippen molar-refractivity contribution in [1.82, 2.24) is 0 Å². The lowest BCUT2D eigenvalue weighted by Crippen LogP contribution is -2.37. The molecule has 0 aromatic heterocycles. The van der Waals surface area contributed by atoms with Gasteiger partial charge in [-0.2, -0.15) is 0 Å². The molecule has 6 aromatic carbocycles. The van der Waals surface area contributed by atoms with Crippen molar-refractivity contribution in [2.75, 3.05) is 0 Å². The Bertz CT molecular complexity index is 2090. The number of fused-ring (bicyclic) bond motifs is 3. The molecule has 0 spiro atoms. The summed E-state index contributed by atoms with van der Waals surface area (Å²) in [7, 11) is -2.33. The summed E-state index contributed by atoms with van der Waals surface area (Å²) < 4.78 is 174. The molecule has 0 bridgehead atoms. The zero-order valence-electron chi connectivity index (χ0n) is 21.7. The van der Waals surface area contributed by atoms with Crippen LogP contribution < -0.4 is 14.0 Å². The first-order valence-corrected chi connectivity index (χ1v) is 12.4. The van der Waals surface area contributed by atoms with Crippen LogP contribution in [0.5, 0.6) is 17.2 Å². The van der Waals surface area contributed by atoms with Crippen molar-refractivity contribution < 1.29 is 62.3 Å². The minimum absolute atomic E-state index is 0.363. The van der Waals surface area contributed by atoms with Crippen molar-refractivity contribution in [2.24, 2.45) is 0 Å². The molecule has 15 heteroatoms.